The van der Waals surface area contributed by atoms with Crippen molar-refractivity contribution in [3.63, 3.8) is 0 Å². The van der Waals surface area contributed by atoms with Crippen LogP contribution in [0.15, 0.2) is 24.6 Å². The fourth-order valence-corrected chi connectivity index (χ4v) is 1.38. The lowest BCUT2D eigenvalue weighted by atomic mass is 10.1. The first-order valence-corrected chi connectivity index (χ1v) is 4.10. The highest BCUT2D eigenvalue weighted by molar-refractivity contribution is 5.90. The number of nitrogens with zero attached hydrogens (tertiary/aromatic N) is 2. The van der Waals surface area contributed by atoms with Crippen LogP contribution in [-0.2, 0) is 16.6 Å². The van der Waals surface area contributed by atoms with Gasteiger partial charge in [0.25, 0.3) is 0 Å². The van der Waals surface area contributed by atoms with Gasteiger partial charge >= 0.3 is 0 Å². The van der Waals surface area contributed by atoms with E-state index in [2.05, 4.69) is 5.10 Å². The van der Waals surface area contributed by atoms with E-state index >= 15 is 0 Å². The van der Waals surface area contributed by atoms with Crippen LogP contribution in [0.2, 0.25) is 0 Å². The van der Waals surface area contributed by atoms with Crippen LogP contribution < -0.4 is 0 Å². The van der Waals surface area contributed by atoms with Crippen LogP contribution in [0.25, 0.3) is 0 Å². The number of ketones is 1. The SMILES string of the molecule is Cn1nccc1C1CC(=O)C=CO1. The van der Waals surface area contributed by atoms with Crippen molar-refractivity contribution in [2.24, 2.45) is 7.05 Å². The molecule has 0 radical (unpaired) electrons. The van der Waals surface area contributed by atoms with Crippen LogP contribution >= 0.6 is 0 Å². The molecule has 1 aromatic rings. The van der Waals surface area contributed by atoms with E-state index in [1.165, 1.54) is 12.3 Å². The number of hydrogen-bond acceptors (Lipinski definition) is 3. The summed E-state index contributed by atoms with van der Waals surface area (Å²) in [5.41, 5.74) is 0.928. The minimum atomic E-state index is -0.176. The Morgan fingerprint density at radius 3 is 3.15 bits per heavy atom. The number of aromatic nitrogens is 2. The zero-order valence-corrected chi connectivity index (χ0v) is 7.30. The summed E-state index contributed by atoms with van der Waals surface area (Å²) in [5, 5.41) is 4.02. The third kappa shape index (κ3) is 1.47. The van der Waals surface area contributed by atoms with E-state index in [1.807, 2.05) is 13.1 Å². The van der Waals surface area contributed by atoms with Crippen LogP contribution in [0.5, 0.6) is 0 Å². The molecule has 68 valence electrons. The summed E-state index contributed by atoms with van der Waals surface area (Å²) in [4.78, 5) is 11.1. The Kier molecular flexibility index (Phi) is 1.88. The van der Waals surface area contributed by atoms with Crippen LogP contribution in [0, 0.1) is 0 Å². The quantitative estimate of drug-likeness (QED) is 0.643. The number of ether oxygens (including phenoxy) is 1. The van der Waals surface area contributed by atoms with E-state index in [0.29, 0.717) is 6.42 Å². The van der Waals surface area contributed by atoms with Gasteiger partial charge in [-0.15, -0.1) is 0 Å². The number of hydrogen-bond donors (Lipinski definition) is 0. The molecule has 0 amide bonds. The second-order valence-electron chi connectivity index (χ2n) is 2.98. The molecule has 4 nitrogen and oxygen atoms in total. The van der Waals surface area contributed by atoms with Crippen LogP contribution in [-0.4, -0.2) is 15.6 Å². The molecule has 1 aliphatic heterocycles. The summed E-state index contributed by atoms with van der Waals surface area (Å²) in [6, 6.07) is 1.86. The lowest BCUT2D eigenvalue weighted by Crippen LogP contribution is -2.14. The Morgan fingerprint density at radius 1 is 1.69 bits per heavy atom. The topological polar surface area (TPSA) is 44.1 Å². The molecule has 13 heavy (non-hydrogen) atoms. The maximum Gasteiger partial charge on any atom is 0.162 e. The van der Waals surface area contributed by atoms with Gasteiger partial charge in [0, 0.05) is 19.3 Å². The maximum absolute atomic E-state index is 11.1. The monoisotopic (exact) mass is 178 g/mol. The molecule has 0 aromatic carbocycles. The van der Waals surface area contributed by atoms with Crippen molar-refractivity contribution in [2.75, 3.05) is 0 Å². The number of rotatable bonds is 1. The first-order chi connectivity index (χ1) is 6.27. The van der Waals surface area contributed by atoms with Crippen molar-refractivity contribution < 1.29 is 9.53 Å². The standard InChI is InChI=1S/C9H10N2O2/c1-11-8(2-4-10-11)9-6-7(12)3-5-13-9/h2-5,9H,6H2,1H3. The first kappa shape index (κ1) is 8.04. The molecule has 4 heteroatoms. The first-order valence-electron chi connectivity index (χ1n) is 4.10. The van der Waals surface area contributed by atoms with Crippen molar-refractivity contribution in [3.05, 3.63) is 30.3 Å². The van der Waals surface area contributed by atoms with E-state index < -0.39 is 0 Å². The van der Waals surface area contributed by atoms with E-state index in [-0.39, 0.29) is 11.9 Å². The number of carbonyl (C=O) groups is 1. The second-order valence-corrected chi connectivity index (χ2v) is 2.98. The Labute approximate surface area is 75.8 Å². The predicted molar refractivity (Wildman–Crippen MR) is 45.8 cm³/mol. The summed E-state index contributed by atoms with van der Waals surface area (Å²) in [5.74, 6) is 0.0949. The molecule has 1 unspecified atom stereocenters. The summed E-state index contributed by atoms with van der Waals surface area (Å²) in [6.07, 6.45) is 4.82. The fraction of sp³-hybridized carbons (Fsp3) is 0.333. The summed E-state index contributed by atoms with van der Waals surface area (Å²) in [6.45, 7) is 0. The van der Waals surface area contributed by atoms with Crippen LogP contribution in [0.4, 0.5) is 0 Å². The molecule has 0 N–H and O–H groups in total. The maximum atomic E-state index is 11.1. The molecule has 1 aromatic heterocycles. The Bertz CT molecular complexity index is 354. The second kappa shape index (κ2) is 3.05. The zero-order chi connectivity index (χ0) is 9.26. The normalized spacial score (nSPS) is 21.6. The van der Waals surface area contributed by atoms with Crippen molar-refractivity contribution in [2.45, 2.75) is 12.5 Å². The highest BCUT2D eigenvalue weighted by atomic mass is 16.5. The van der Waals surface area contributed by atoms with E-state index in [1.54, 1.807) is 10.9 Å². The molecule has 1 aliphatic rings. The van der Waals surface area contributed by atoms with Gasteiger partial charge in [0.1, 0.15) is 6.10 Å². The third-order valence-electron chi connectivity index (χ3n) is 2.07. The smallest absolute Gasteiger partial charge is 0.162 e. The summed E-state index contributed by atoms with van der Waals surface area (Å²) < 4.78 is 7.03. The Hall–Kier alpha value is -1.58. The van der Waals surface area contributed by atoms with Crippen molar-refractivity contribution in [1.29, 1.82) is 0 Å². The largest absolute Gasteiger partial charge is 0.491 e. The predicted octanol–water partition coefficient (Wildman–Crippen LogP) is 0.964. The van der Waals surface area contributed by atoms with Crippen LogP contribution in [0.1, 0.15) is 18.2 Å². The third-order valence-corrected chi connectivity index (χ3v) is 2.07. The molecule has 0 spiro atoms. The molecular formula is C9H10N2O2. The molecule has 2 heterocycles. The Morgan fingerprint density at radius 2 is 2.54 bits per heavy atom. The van der Waals surface area contributed by atoms with Gasteiger partial charge in [-0.3, -0.25) is 9.48 Å². The molecule has 0 bridgehead atoms. The summed E-state index contributed by atoms with van der Waals surface area (Å²) in [7, 11) is 1.83. The van der Waals surface area contributed by atoms with Gasteiger partial charge < -0.3 is 4.74 Å². The van der Waals surface area contributed by atoms with Gasteiger partial charge in [0.2, 0.25) is 0 Å². The summed E-state index contributed by atoms with van der Waals surface area (Å²) >= 11 is 0. The Balaban J connectivity index is 2.23. The van der Waals surface area contributed by atoms with E-state index in [9.17, 15) is 4.79 Å². The minimum Gasteiger partial charge on any atom is -0.491 e. The molecule has 0 fully saturated rings. The van der Waals surface area contributed by atoms with Gasteiger partial charge in [-0.25, -0.2) is 0 Å². The zero-order valence-electron chi connectivity index (χ0n) is 7.30. The number of allylic oxidation sites excluding steroid dienone is 1. The molecule has 1 atom stereocenters. The highest BCUT2D eigenvalue weighted by Gasteiger charge is 2.20. The van der Waals surface area contributed by atoms with Crippen molar-refractivity contribution in [1.82, 2.24) is 9.78 Å². The van der Waals surface area contributed by atoms with Gasteiger partial charge in [-0.2, -0.15) is 5.10 Å². The van der Waals surface area contributed by atoms with Gasteiger partial charge in [0.15, 0.2) is 5.78 Å². The molecule has 0 saturated carbocycles. The van der Waals surface area contributed by atoms with Crippen LogP contribution in [0.3, 0.4) is 0 Å². The lowest BCUT2D eigenvalue weighted by Gasteiger charge is -2.18. The molecule has 0 saturated heterocycles. The lowest BCUT2D eigenvalue weighted by molar-refractivity contribution is -0.118. The van der Waals surface area contributed by atoms with Gasteiger partial charge in [-0.05, 0) is 6.07 Å². The number of carbonyl (C=O) groups excluding carboxylic acids is 1. The number of aryl methyl sites for hydroxylation is 1. The van der Waals surface area contributed by atoms with E-state index in [4.69, 9.17) is 4.74 Å². The van der Waals surface area contributed by atoms with Crippen molar-refractivity contribution >= 4 is 5.78 Å². The average molecular weight is 178 g/mol. The molecular weight excluding hydrogens is 168 g/mol. The molecule has 0 aliphatic carbocycles. The van der Waals surface area contributed by atoms with Crippen molar-refractivity contribution in [3.8, 4) is 0 Å². The average Bonchev–Trinajstić information content (AvgIpc) is 2.51. The molecule has 2 rings (SSSR count). The fourth-order valence-electron chi connectivity index (χ4n) is 1.38. The van der Waals surface area contributed by atoms with Gasteiger partial charge in [0.05, 0.1) is 18.4 Å². The van der Waals surface area contributed by atoms with Gasteiger partial charge in [-0.1, -0.05) is 0 Å². The highest BCUT2D eigenvalue weighted by Crippen LogP contribution is 2.23. The minimum absolute atomic E-state index is 0.0949. The van der Waals surface area contributed by atoms with E-state index in [0.717, 1.165) is 5.69 Å².